The second kappa shape index (κ2) is 36.4. The summed E-state index contributed by atoms with van der Waals surface area (Å²) in [7, 11) is -4.75. The number of ether oxygens (including phenoxy) is 1. The summed E-state index contributed by atoms with van der Waals surface area (Å²) in [6.45, 7) is 2.47. The summed E-state index contributed by atoms with van der Waals surface area (Å²) < 4.78 is 26.7. The van der Waals surface area contributed by atoms with E-state index in [9.17, 15) is 34.1 Å². The number of nitrogens with one attached hydrogen (secondary N) is 1. The predicted octanol–water partition coefficient (Wildman–Crippen LogP) is 9.83. The molecule has 0 fully saturated rings. The van der Waals surface area contributed by atoms with E-state index >= 15 is 0 Å². The van der Waals surface area contributed by atoms with Gasteiger partial charge in [-0.2, -0.15) is 0 Å². The van der Waals surface area contributed by atoms with Crippen LogP contribution in [0.15, 0.2) is 48.6 Å². The average molecular weight is 770 g/mol. The van der Waals surface area contributed by atoms with Crippen molar-refractivity contribution < 1.29 is 47.8 Å². The number of rotatable bonds is 37. The monoisotopic (exact) mass is 769 g/mol. The van der Waals surface area contributed by atoms with Crippen molar-refractivity contribution in [3.05, 3.63) is 48.6 Å². The van der Waals surface area contributed by atoms with Crippen molar-refractivity contribution in [2.45, 2.75) is 174 Å². The van der Waals surface area contributed by atoms with Gasteiger partial charge in [0.15, 0.2) is 6.04 Å². The topological polar surface area (TPSA) is 169 Å². The van der Waals surface area contributed by atoms with Gasteiger partial charge in [0, 0.05) is 12.8 Å². The molecule has 0 aromatic heterocycles. The van der Waals surface area contributed by atoms with Crippen molar-refractivity contribution in [3.8, 4) is 0 Å². The molecule has 0 saturated heterocycles. The summed E-state index contributed by atoms with van der Waals surface area (Å²) in [6.07, 6.45) is 38.7. The lowest BCUT2D eigenvalue weighted by Gasteiger charge is -2.18. The summed E-state index contributed by atoms with van der Waals surface area (Å²) in [5.74, 6) is -2.40. The van der Waals surface area contributed by atoms with Gasteiger partial charge >= 0.3 is 19.8 Å². The number of carboxylic acids is 1. The van der Waals surface area contributed by atoms with Crippen molar-refractivity contribution in [3.63, 3.8) is 0 Å². The number of aliphatic hydroxyl groups excluding tert-OH is 1. The Morgan fingerprint density at radius 1 is 0.604 bits per heavy atom. The van der Waals surface area contributed by atoms with E-state index < -0.39 is 57.6 Å². The van der Waals surface area contributed by atoms with Crippen LogP contribution in [0.1, 0.15) is 162 Å². The number of hydrogen-bond donors (Lipinski definition) is 4. The molecule has 3 atom stereocenters. The maximum absolute atomic E-state index is 12.2. The Hall–Kier alpha value is -2.56. The number of allylic oxidation sites excluding steroid dienone is 8. The maximum atomic E-state index is 12.2. The zero-order valence-corrected chi connectivity index (χ0v) is 33.7. The molecule has 0 bridgehead atoms. The molecule has 11 nitrogen and oxygen atoms in total. The molecule has 0 aliphatic rings. The Kier molecular flexibility index (Phi) is 34.7. The second-order valence-corrected chi connectivity index (χ2v) is 14.9. The molecule has 12 heteroatoms. The van der Waals surface area contributed by atoms with Crippen LogP contribution in [0.2, 0.25) is 0 Å². The fourth-order valence-corrected chi connectivity index (χ4v) is 5.95. The van der Waals surface area contributed by atoms with Crippen LogP contribution >= 0.6 is 7.82 Å². The number of aliphatic hydroxyl groups is 1. The van der Waals surface area contributed by atoms with Gasteiger partial charge in [0.05, 0.1) is 13.2 Å². The largest absolute Gasteiger partial charge is 0.480 e. The lowest BCUT2D eigenvalue weighted by Crippen LogP contribution is -2.43. The summed E-state index contributed by atoms with van der Waals surface area (Å²) in [4.78, 5) is 45.6. The lowest BCUT2D eigenvalue weighted by molar-refractivity contribution is -0.147. The Labute approximate surface area is 320 Å². The standard InChI is InChI=1S/C41H72NO10P/c1-3-5-7-9-11-13-14-15-16-17-18-19-20-21-22-23-24-25-27-29-31-33-40(45)50-34-37(43)35-51-53(48,49)52-36-38(41(46)47)42-39(44)32-30-28-26-12-10-8-6-4-2/h11,13,15-16,18-19,21-22,37-38,43H,3-10,12,14,17,20,23-36H2,1-2H3,(H,42,44)(H,46,47)(H,48,49)/b13-11-,16-15-,19-18-,22-21-. The summed E-state index contributed by atoms with van der Waals surface area (Å²) >= 11 is 0. The van der Waals surface area contributed by atoms with Crippen LogP contribution in [0.4, 0.5) is 0 Å². The number of unbranched alkanes of at least 4 members (excludes halogenated alkanes) is 15. The number of aliphatic carboxylic acids is 1. The van der Waals surface area contributed by atoms with Gasteiger partial charge in [-0.05, 0) is 57.8 Å². The van der Waals surface area contributed by atoms with Crippen LogP contribution in [0.25, 0.3) is 0 Å². The van der Waals surface area contributed by atoms with Gasteiger partial charge in [0.2, 0.25) is 5.91 Å². The first-order chi connectivity index (χ1) is 25.6. The van der Waals surface area contributed by atoms with E-state index in [1.807, 2.05) is 0 Å². The molecule has 0 saturated carbocycles. The first-order valence-electron chi connectivity index (χ1n) is 20.2. The average Bonchev–Trinajstić information content (AvgIpc) is 3.13. The minimum Gasteiger partial charge on any atom is -0.480 e. The minimum absolute atomic E-state index is 0.143. The van der Waals surface area contributed by atoms with Gasteiger partial charge in [-0.15, -0.1) is 0 Å². The quantitative estimate of drug-likeness (QED) is 0.0207. The van der Waals surface area contributed by atoms with E-state index in [1.54, 1.807) is 0 Å². The van der Waals surface area contributed by atoms with E-state index in [2.05, 4.69) is 67.8 Å². The highest BCUT2D eigenvalue weighted by Gasteiger charge is 2.28. The van der Waals surface area contributed by atoms with Crippen molar-refractivity contribution in [2.24, 2.45) is 0 Å². The molecule has 0 aromatic rings. The molecule has 3 unspecified atom stereocenters. The molecular formula is C41H72NO10P. The first-order valence-corrected chi connectivity index (χ1v) is 21.7. The lowest BCUT2D eigenvalue weighted by atomic mass is 10.1. The van der Waals surface area contributed by atoms with Gasteiger partial charge in [-0.3, -0.25) is 18.6 Å². The third-order valence-corrected chi connectivity index (χ3v) is 9.32. The van der Waals surface area contributed by atoms with E-state index in [-0.39, 0.29) is 12.8 Å². The zero-order valence-electron chi connectivity index (χ0n) is 32.8. The Morgan fingerprint density at radius 2 is 1.04 bits per heavy atom. The van der Waals surface area contributed by atoms with Crippen molar-refractivity contribution in [2.75, 3.05) is 19.8 Å². The maximum Gasteiger partial charge on any atom is 0.472 e. The third-order valence-electron chi connectivity index (χ3n) is 8.37. The number of phosphoric acid groups is 1. The summed E-state index contributed by atoms with van der Waals surface area (Å²) in [5, 5.41) is 21.7. The molecule has 0 rings (SSSR count). The predicted molar refractivity (Wildman–Crippen MR) is 212 cm³/mol. The van der Waals surface area contributed by atoms with E-state index in [1.165, 1.54) is 51.4 Å². The number of carboxylic acid groups (broad SMARTS) is 1. The van der Waals surface area contributed by atoms with Crippen LogP contribution in [-0.4, -0.2) is 64.9 Å². The molecule has 0 radical (unpaired) electrons. The van der Waals surface area contributed by atoms with Gasteiger partial charge in [0.25, 0.3) is 0 Å². The summed E-state index contributed by atoms with van der Waals surface area (Å²) in [5.41, 5.74) is 0. The van der Waals surface area contributed by atoms with Gasteiger partial charge in [0.1, 0.15) is 12.7 Å². The van der Waals surface area contributed by atoms with Gasteiger partial charge < -0.3 is 25.2 Å². The number of esters is 1. The second-order valence-electron chi connectivity index (χ2n) is 13.5. The smallest absolute Gasteiger partial charge is 0.472 e. The van der Waals surface area contributed by atoms with Crippen LogP contribution in [0.3, 0.4) is 0 Å². The van der Waals surface area contributed by atoms with Crippen molar-refractivity contribution in [1.82, 2.24) is 5.32 Å². The third kappa shape index (κ3) is 36.2. The molecule has 1 amide bonds. The van der Waals surface area contributed by atoms with Crippen LogP contribution < -0.4 is 5.32 Å². The number of carbonyl (C=O) groups excluding carboxylic acids is 2. The number of phosphoric ester groups is 1. The highest BCUT2D eigenvalue weighted by molar-refractivity contribution is 7.47. The summed E-state index contributed by atoms with van der Waals surface area (Å²) in [6, 6.07) is -1.54. The first kappa shape index (κ1) is 50.4. The SMILES string of the molecule is CCCCC/C=C\C/C=C\C/C=C\C/C=C\CCCCCCCC(=O)OCC(O)COP(=O)(O)OCC(NC(=O)CCCCCCCCCC)C(=O)O. The van der Waals surface area contributed by atoms with E-state index in [0.29, 0.717) is 12.8 Å². The fourth-order valence-electron chi connectivity index (χ4n) is 5.18. The number of carbonyl (C=O) groups is 3. The minimum atomic E-state index is -4.75. The highest BCUT2D eigenvalue weighted by atomic mass is 31.2. The molecule has 0 aromatic carbocycles. The van der Waals surface area contributed by atoms with Crippen LogP contribution in [0.5, 0.6) is 0 Å². The number of hydrogen-bond acceptors (Lipinski definition) is 8. The van der Waals surface area contributed by atoms with Crippen molar-refractivity contribution in [1.29, 1.82) is 0 Å². The molecular weight excluding hydrogens is 697 g/mol. The Morgan fingerprint density at radius 3 is 1.58 bits per heavy atom. The molecule has 53 heavy (non-hydrogen) atoms. The van der Waals surface area contributed by atoms with Crippen LogP contribution in [0, 0.1) is 0 Å². The zero-order chi connectivity index (χ0) is 39.3. The Bertz CT molecular complexity index is 1090. The normalized spacial score (nSPS) is 14.3. The van der Waals surface area contributed by atoms with Gasteiger partial charge in [-0.25, -0.2) is 9.36 Å². The van der Waals surface area contributed by atoms with E-state index in [0.717, 1.165) is 70.6 Å². The fraction of sp³-hybridized carbons (Fsp3) is 0.732. The Balaban J connectivity index is 3.92. The number of amides is 1. The van der Waals surface area contributed by atoms with Crippen LogP contribution in [-0.2, 0) is 32.7 Å². The molecule has 4 N–H and O–H groups in total. The molecule has 0 heterocycles. The van der Waals surface area contributed by atoms with Gasteiger partial charge in [-0.1, -0.05) is 140 Å². The molecule has 306 valence electrons. The molecule has 0 spiro atoms. The molecule has 0 aliphatic carbocycles. The van der Waals surface area contributed by atoms with Crippen molar-refractivity contribution >= 4 is 25.7 Å². The molecule has 0 aliphatic heterocycles. The highest BCUT2D eigenvalue weighted by Crippen LogP contribution is 2.43. The van der Waals surface area contributed by atoms with E-state index in [4.69, 9.17) is 13.8 Å².